The molecule has 1 heterocycles. The minimum atomic E-state index is -0.875. The first-order valence-electron chi connectivity index (χ1n) is 7.53. The molecule has 1 aromatic rings. The lowest BCUT2D eigenvalue weighted by Gasteiger charge is -2.23. The zero-order valence-corrected chi connectivity index (χ0v) is 13.1. The summed E-state index contributed by atoms with van der Waals surface area (Å²) in [6.45, 7) is 4.59. The van der Waals surface area contributed by atoms with Crippen molar-refractivity contribution in [2.75, 3.05) is 13.3 Å². The van der Waals surface area contributed by atoms with Crippen LogP contribution in [0.2, 0.25) is 0 Å². The van der Waals surface area contributed by atoms with Crippen LogP contribution in [0, 0.1) is 5.82 Å². The average Bonchev–Trinajstić information content (AvgIpc) is 2.46. The lowest BCUT2D eigenvalue weighted by Crippen LogP contribution is -2.51. The van der Waals surface area contributed by atoms with E-state index in [2.05, 4.69) is 5.32 Å². The second-order valence-electron chi connectivity index (χ2n) is 5.84. The quantitative estimate of drug-likeness (QED) is 0.841. The highest BCUT2D eigenvalue weighted by Gasteiger charge is 2.26. The van der Waals surface area contributed by atoms with Crippen LogP contribution in [0.1, 0.15) is 37.8 Å². The van der Waals surface area contributed by atoms with Crippen LogP contribution < -0.4 is 15.8 Å². The number of hydrogen-bond acceptors (Lipinski definition) is 4. The maximum atomic E-state index is 13.6. The summed E-state index contributed by atoms with van der Waals surface area (Å²) in [6.07, 6.45) is 1.94. The Morgan fingerprint density at radius 3 is 3.00 bits per heavy atom. The number of ether oxygens (including phenoxy) is 2. The van der Waals surface area contributed by atoms with Crippen LogP contribution in [0.3, 0.4) is 0 Å². The van der Waals surface area contributed by atoms with Gasteiger partial charge >= 0.3 is 0 Å². The molecule has 5 nitrogen and oxygen atoms in total. The SMILES string of the molecule is CCCC(C)(N)C(=O)NCCc1cc(F)cc2c1OCOC2. The van der Waals surface area contributed by atoms with E-state index < -0.39 is 5.54 Å². The molecule has 3 N–H and O–H groups in total. The minimum absolute atomic E-state index is 0.162. The number of rotatable bonds is 6. The van der Waals surface area contributed by atoms with Crippen molar-refractivity contribution >= 4 is 5.91 Å². The fourth-order valence-electron chi connectivity index (χ4n) is 2.59. The summed E-state index contributed by atoms with van der Waals surface area (Å²) in [5.74, 6) is 0.138. The molecule has 1 aliphatic rings. The van der Waals surface area contributed by atoms with E-state index in [-0.39, 0.29) is 18.5 Å². The van der Waals surface area contributed by atoms with Gasteiger partial charge in [0.2, 0.25) is 5.91 Å². The molecule has 0 saturated carbocycles. The standard InChI is InChI=1S/C16H23FN2O3/c1-3-5-16(2,18)15(20)19-6-4-11-7-13(17)8-12-9-21-10-22-14(11)12/h7-8H,3-6,9-10,18H2,1-2H3,(H,19,20). The Balaban J connectivity index is 1.98. The Labute approximate surface area is 130 Å². The second kappa shape index (κ2) is 7.07. The lowest BCUT2D eigenvalue weighted by atomic mass is 9.96. The van der Waals surface area contributed by atoms with Crippen LogP contribution >= 0.6 is 0 Å². The molecule has 0 spiro atoms. The van der Waals surface area contributed by atoms with Crippen LogP contribution in [0.25, 0.3) is 0 Å². The Bertz CT molecular complexity index is 546. The third-order valence-corrected chi connectivity index (χ3v) is 3.72. The topological polar surface area (TPSA) is 73.6 Å². The molecule has 0 fully saturated rings. The molecular weight excluding hydrogens is 287 g/mol. The number of carbonyl (C=O) groups excluding carboxylic acids is 1. The van der Waals surface area contributed by atoms with Gasteiger partial charge in [0, 0.05) is 12.1 Å². The number of halogens is 1. The molecule has 0 aliphatic carbocycles. The molecular formula is C16H23FN2O3. The van der Waals surface area contributed by atoms with Crippen molar-refractivity contribution in [3.8, 4) is 5.75 Å². The lowest BCUT2D eigenvalue weighted by molar-refractivity contribution is -0.126. The van der Waals surface area contributed by atoms with Gasteiger partial charge < -0.3 is 20.5 Å². The molecule has 2 rings (SSSR count). The van der Waals surface area contributed by atoms with E-state index in [1.807, 2.05) is 6.92 Å². The molecule has 22 heavy (non-hydrogen) atoms. The zero-order chi connectivity index (χ0) is 16.2. The van der Waals surface area contributed by atoms with E-state index in [0.29, 0.717) is 37.3 Å². The first-order chi connectivity index (χ1) is 10.4. The summed E-state index contributed by atoms with van der Waals surface area (Å²) in [5.41, 5.74) is 6.52. The number of carbonyl (C=O) groups is 1. The van der Waals surface area contributed by atoms with Gasteiger partial charge in [-0.05, 0) is 37.5 Å². The number of benzene rings is 1. The van der Waals surface area contributed by atoms with E-state index in [1.165, 1.54) is 12.1 Å². The Morgan fingerprint density at radius 1 is 1.50 bits per heavy atom. The van der Waals surface area contributed by atoms with Gasteiger partial charge in [0.25, 0.3) is 0 Å². The number of fused-ring (bicyclic) bond motifs is 1. The highest BCUT2D eigenvalue weighted by molar-refractivity contribution is 5.85. The van der Waals surface area contributed by atoms with Gasteiger partial charge in [0.15, 0.2) is 6.79 Å². The number of nitrogens with one attached hydrogen (secondary N) is 1. The van der Waals surface area contributed by atoms with Crippen molar-refractivity contribution in [3.63, 3.8) is 0 Å². The van der Waals surface area contributed by atoms with Crippen LogP contribution in [0.5, 0.6) is 5.75 Å². The summed E-state index contributed by atoms with van der Waals surface area (Å²) in [7, 11) is 0. The van der Waals surface area contributed by atoms with E-state index in [1.54, 1.807) is 6.92 Å². The van der Waals surface area contributed by atoms with Gasteiger partial charge in [-0.1, -0.05) is 13.3 Å². The summed E-state index contributed by atoms with van der Waals surface area (Å²) < 4.78 is 24.2. The third kappa shape index (κ3) is 3.96. The highest BCUT2D eigenvalue weighted by Crippen LogP contribution is 2.29. The molecule has 1 aromatic carbocycles. The first-order valence-corrected chi connectivity index (χ1v) is 7.53. The van der Waals surface area contributed by atoms with Crippen LogP contribution in [-0.2, 0) is 22.6 Å². The van der Waals surface area contributed by atoms with Crippen LogP contribution in [0.15, 0.2) is 12.1 Å². The van der Waals surface area contributed by atoms with Crippen LogP contribution in [0.4, 0.5) is 4.39 Å². The van der Waals surface area contributed by atoms with Crippen molar-refractivity contribution in [3.05, 3.63) is 29.1 Å². The number of amides is 1. The molecule has 0 saturated heterocycles. The van der Waals surface area contributed by atoms with Crippen molar-refractivity contribution in [1.29, 1.82) is 0 Å². The van der Waals surface area contributed by atoms with E-state index in [9.17, 15) is 9.18 Å². The summed E-state index contributed by atoms with van der Waals surface area (Å²) in [5, 5.41) is 2.81. The zero-order valence-electron chi connectivity index (χ0n) is 13.1. The Kier molecular flexibility index (Phi) is 5.37. The monoisotopic (exact) mass is 310 g/mol. The minimum Gasteiger partial charge on any atom is -0.467 e. The van der Waals surface area contributed by atoms with Crippen molar-refractivity contribution in [2.24, 2.45) is 5.73 Å². The summed E-state index contributed by atoms with van der Waals surface area (Å²) in [6, 6.07) is 2.85. The van der Waals surface area contributed by atoms with E-state index in [4.69, 9.17) is 15.2 Å². The first kappa shape index (κ1) is 16.7. The van der Waals surface area contributed by atoms with Gasteiger partial charge in [-0.3, -0.25) is 4.79 Å². The van der Waals surface area contributed by atoms with Gasteiger partial charge in [-0.15, -0.1) is 0 Å². The third-order valence-electron chi connectivity index (χ3n) is 3.72. The average molecular weight is 310 g/mol. The molecule has 0 radical (unpaired) electrons. The van der Waals surface area contributed by atoms with Gasteiger partial charge in [-0.25, -0.2) is 4.39 Å². The number of hydrogen-bond donors (Lipinski definition) is 2. The van der Waals surface area contributed by atoms with Crippen LogP contribution in [-0.4, -0.2) is 24.8 Å². The van der Waals surface area contributed by atoms with Crippen molar-refractivity contribution < 1.29 is 18.7 Å². The summed E-state index contributed by atoms with van der Waals surface area (Å²) in [4.78, 5) is 12.0. The van der Waals surface area contributed by atoms with Gasteiger partial charge in [0.05, 0.1) is 12.1 Å². The van der Waals surface area contributed by atoms with Gasteiger partial charge in [-0.2, -0.15) is 0 Å². The Morgan fingerprint density at radius 2 is 2.27 bits per heavy atom. The van der Waals surface area contributed by atoms with Gasteiger partial charge in [0.1, 0.15) is 11.6 Å². The highest BCUT2D eigenvalue weighted by atomic mass is 19.1. The molecule has 122 valence electrons. The predicted molar refractivity (Wildman–Crippen MR) is 80.9 cm³/mol. The normalized spacial score (nSPS) is 16.4. The second-order valence-corrected chi connectivity index (χ2v) is 5.84. The molecule has 1 unspecified atom stereocenters. The van der Waals surface area contributed by atoms with E-state index >= 15 is 0 Å². The van der Waals surface area contributed by atoms with Crippen molar-refractivity contribution in [1.82, 2.24) is 5.32 Å². The fourth-order valence-corrected chi connectivity index (χ4v) is 2.59. The molecule has 1 aliphatic heterocycles. The predicted octanol–water partition coefficient (Wildman–Crippen LogP) is 1.87. The molecule has 1 atom stereocenters. The maximum absolute atomic E-state index is 13.6. The largest absolute Gasteiger partial charge is 0.467 e. The summed E-state index contributed by atoms with van der Waals surface area (Å²) >= 11 is 0. The fraction of sp³-hybridized carbons (Fsp3) is 0.562. The number of nitrogens with two attached hydrogens (primary N) is 1. The molecule has 0 bridgehead atoms. The molecule has 0 aromatic heterocycles. The smallest absolute Gasteiger partial charge is 0.239 e. The Hall–Kier alpha value is -1.66. The maximum Gasteiger partial charge on any atom is 0.239 e. The van der Waals surface area contributed by atoms with Crippen molar-refractivity contribution in [2.45, 2.75) is 45.3 Å². The van der Waals surface area contributed by atoms with E-state index in [0.717, 1.165) is 12.0 Å². The molecule has 1 amide bonds. The molecule has 6 heteroatoms.